The minimum absolute atomic E-state index is 0.909. The summed E-state index contributed by atoms with van der Waals surface area (Å²) in [4.78, 5) is 0. The van der Waals surface area contributed by atoms with Gasteiger partial charge in [0.15, 0.2) is 0 Å². The third kappa shape index (κ3) is 3.67. The molecule has 46 valence electrons. The van der Waals surface area contributed by atoms with Gasteiger partial charge in [0.2, 0.25) is 0 Å². The number of thioether (sulfide) groups is 1. The first kappa shape index (κ1) is 7.49. The fourth-order valence-electron chi connectivity index (χ4n) is 0.155. The van der Waals surface area contributed by atoms with E-state index < -0.39 is 0 Å². The summed E-state index contributed by atoms with van der Waals surface area (Å²) in [6.45, 7) is 1.87. The van der Waals surface area contributed by atoms with Gasteiger partial charge in [-0.15, -0.1) is 22.0 Å². The van der Waals surface area contributed by atoms with Gasteiger partial charge in [0.25, 0.3) is 0 Å². The normalized spacial score (nSPS) is 13.0. The van der Waals surface area contributed by atoms with E-state index in [1.54, 1.807) is 11.8 Å². The fourth-order valence-corrected chi connectivity index (χ4v) is 0.284. The van der Waals surface area contributed by atoms with Crippen molar-refractivity contribution in [3.8, 4) is 0 Å². The second-order valence-corrected chi connectivity index (χ2v) is 2.09. The molecule has 0 bridgehead atoms. The van der Waals surface area contributed by atoms with Crippen LogP contribution in [0, 0.1) is 0 Å². The molecule has 4 heteroatoms. The third-order valence-corrected chi connectivity index (χ3v) is 1.23. The molecule has 3 nitrogen and oxygen atoms in total. The Bertz CT molecular complexity index is 108. The highest BCUT2D eigenvalue weighted by Gasteiger charge is 1.79. The molecule has 0 saturated heterocycles. The summed E-state index contributed by atoms with van der Waals surface area (Å²) in [6, 6.07) is 0. The van der Waals surface area contributed by atoms with Crippen molar-refractivity contribution >= 4 is 23.1 Å². The van der Waals surface area contributed by atoms with E-state index in [0.29, 0.717) is 0 Å². The van der Waals surface area contributed by atoms with Gasteiger partial charge < -0.3 is 5.73 Å². The van der Waals surface area contributed by atoms with Crippen molar-refractivity contribution < 1.29 is 0 Å². The SMILES string of the molecule is CS/C(C)=N/N=C\N. The van der Waals surface area contributed by atoms with Gasteiger partial charge >= 0.3 is 0 Å². The van der Waals surface area contributed by atoms with Crippen molar-refractivity contribution in [3.63, 3.8) is 0 Å². The summed E-state index contributed by atoms with van der Waals surface area (Å²) in [7, 11) is 0. The first-order valence-corrected chi connectivity index (χ1v) is 3.35. The molecular formula is C4H9N3S. The monoisotopic (exact) mass is 131 g/mol. The summed E-state index contributed by atoms with van der Waals surface area (Å²) in [6.07, 6.45) is 3.10. The molecule has 0 heterocycles. The second kappa shape index (κ2) is 4.64. The van der Waals surface area contributed by atoms with Gasteiger partial charge in [0.05, 0.1) is 5.04 Å². The lowest BCUT2D eigenvalue weighted by molar-refractivity contribution is 1.25. The third-order valence-electron chi connectivity index (χ3n) is 0.561. The quantitative estimate of drug-likeness (QED) is 0.323. The van der Waals surface area contributed by atoms with Gasteiger partial charge in [-0.3, -0.25) is 0 Å². The average Bonchev–Trinajstić information content (AvgIpc) is 1.83. The molecule has 8 heavy (non-hydrogen) atoms. The zero-order chi connectivity index (χ0) is 6.41. The van der Waals surface area contributed by atoms with Crippen LogP contribution in [0.2, 0.25) is 0 Å². The van der Waals surface area contributed by atoms with Crippen LogP contribution in [0.3, 0.4) is 0 Å². The number of nitrogens with two attached hydrogens (primary N) is 1. The molecule has 2 N–H and O–H groups in total. The molecular weight excluding hydrogens is 122 g/mol. The molecule has 0 aliphatic heterocycles. The molecule has 0 aromatic rings. The van der Waals surface area contributed by atoms with Crippen LogP contribution >= 0.6 is 11.8 Å². The highest BCUT2D eigenvalue weighted by atomic mass is 32.2. The first-order valence-electron chi connectivity index (χ1n) is 2.13. The number of hydrogen-bond acceptors (Lipinski definition) is 3. The van der Waals surface area contributed by atoms with Gasteiger partial charge in [-0.05, 0) is 13.2 Å². The summed E-state index contributed by atoms with van der Waals surface area (Å²) < 4.78 is 0. The van der Waals surface area contributed by atoms with E-state index in [4.69, 9.17) is 5.73 Å². The van der Waals surface area contributed by atoms with Crippen LogP contribution in [-0.2, 0) is 0 Å². The van der Waals surface area contributed by atoms with Gasteiger partial charge in [0, 0.05) is 0 Å². The van der Waals surface area contributed by atoms with Gasteiger partial charge in [-0.1, -0.05) is 0 Å². The van der Waals surface area contributed by atoms with Crippen LogP contribution in [0.5, 0.6) is 0 Å². The van der Waals surface area contributed by atoms with E-state index in [-0.39, 0.29) is 0 Å². The Balaban J connectivity index is 3.57. The second-order valence-electron chi connectivity index (χ2n) is 1.09. The van der Waals surface area contributed by atoms with E-state index in [2.05, 4.69) is 10.2 Å². The maximum Gasteiger partial charge on any atom is 0.108 e. The van der Waals surface area contributed by atoms with E-state index >= 15 is 0 Å². The van der Waals surface area contributed by atoms with Gasteiger partial charge in [-0.25, -0.2) is 0 Å². The molecule has 0 aliphatic carbocycles. The Morgan fingerprint density at radius 1 is 1.75 bits per heavy atom. The van der Waals surface area contributed by atoms with Crippen molar-refractivity contribution in [2.75, 3.05) is 6.26 Å². The Labute approximate surface area is 53.1 Å². The standard InChI is InChI=1S/C4H9N3S/c1-4(8-2)7-6-3-5/h3H,1-2H3,(H2,5,6)/b7-4+. The number of rotatable bonds is 1. The molecule has 0 aliphatic rings. The lowest BCUT2D eigenvalue weighted by atomic mass is 10.9. The van der Waals surface area contributed by atoms with E-state index in [0.717, 1.165) is 5.04 Å². The van der Waals surface area contributed by atoms with Crippen LogP contribution in [0.4, 0.5) is 0 Å². The molecule has 0 unspecified atom stereocenters. The van der Waals surface area contributed by atoms with Crippen molar-refractivity contribution in [1.29, 1.82) is 0 Å². The zero-order valence-corrected chi connectivity index (χ0v) is 5.77. The molecule has 0 aromatic carbocycles. The highest BCUT2D eigenvalue weighted by Crippen LogP contribution is 1.95. The smallest absolute Gasteiger partial charge is 0.108 e. The van der Waals surface area contributed by atoms with Crippen LogP contribution < -0.4 is 5.73 Å². The Kier molecular flexibility index (Phi) is 4.35. The lowest BCUT2D eigenvalue weighted by Crippen LogP contribution is -1.87. The van der Waals surface area contributed by atoms with Crippen molar-refractivity contribution in [2.24, 2.45) is 15.9 Å². The molecule has 0 atom stereocenters. The van der Waals surface area contributed by atoms with Crippen LogP contribution in [-0.4, -0.2) is 17.6 Å². The van der Waals surface area contributed by atoms with Crippen molar-refractivity contribution in [1.82, 2.24) is 0 Å². The van der Waals surface area contributed by atoms with Gasteiger partial charge in [-0.2, -0.15) is 0 Å². The van der Waals surface area contributed by atoms with Crippen LogP contribution in [0.25, 0.3) is 0 Å². The maximum atomic E-state index is 4.92. The Hall–Kier alpha value is -0.510. The average molecular weight is 131 g/mol. The fraction of sp³-hybridized carbons (Fsp3) is 0.500. The molecule has 0 spiro atoms. The van der Waals surface area contributed by atoms with Crippen LogP contribution in [0.1, 0.15) is 6.92 Å². The Morgan fingerprint density at radius 2 is 2.38 bits per heavy atom. The van der Waals surface area contributed by atoms with Crippen molar-refractivity contribution in [2.45, 2.75) is 6.92 Å². The number of hydrogen-bond donors (Lipinski definition) is 1. The molecule has 0 aromatic heterocycles. The molecule has 0 saturated carbocycles. The lowest BCUT2D eigenvalue weighted by Gasteiger charge is -1.84. The maximum absolute atomic E-state index is 4.92. The summed E-state index contributed by atoms with van der Waals surface area (Å²) in [5, 5.41) is 8.06. The minimum Gasteiger partial charge on any atom is -0.388 e. The van der Waals surface area contributed by atoms with E-state index in [9.17, 15) is 0 Å². The highest BCUT2D eigenvalue weighted by molar-refractivity contribution is 8.13. The zero-order valence-electron chi connectivity index (χ0n) is 4.96. The molecule has 0 fully saturated rings. The summed E-state index contributed by atoms with van der Waals surface area (Å²) >= 11 is 1.55. The summed E-state index contributed by atoms with van der Waals surface area (Å²) in [5.41, 5.74) is 4.92. The minimum atomic E-state index is 0.909. The van der Waals surface area contributed by atoms with Crippen molar-refractivity contribution in [3.05, 3.63) is 0 Å². The van der Waals surface area contributed by atoms with Crippen LogP contribution in [0.15, 0.2) is 10.2 Å². The predicted octanol–water partition coefficient (Wildman–Crippen LogP) is 0.670. The van der Waals surface area contributed by atoms with E-state index in [1.165, 1.54) is 6.34 Å². The topological polar surface area (TPSA) is 50.7 Å². The molecule has 0 amide bonds. The Morgan fingerprint density at radius 3 is 2.75 bits per heavy atom. The summed E-state index contributed by atoms with van der Waals surface area (Å²) in [5.74, 6) is 0. The number of nitrogens with zero attached hydrogens (tertiary/aromatic N) is 2. The largest absolute Gasteiger partial charge is 0.388 e. The van der Waals surface area contributed by atoms with Gasteiger partial charge in [0.1, 0.15) is 6.34 Å². The van der Waals surface area contributed by atoms with E-state index in [1.807, 2.05) is 13.2 Å². The predicted molar refractivity (Wildman–Crippen MR) is 39.3 cm³/mol. The molecule has 0 rings (SSSR count). The molecule has 0 radical (unpaired) electrons. The first-order chi connectivity index (χ1) is 3.81.